The fraction of sp³-hybridized carbons (Fsp3) is 0.500. The van der Waals surface area contributed by atoms with Crippen LogP contribution in [0.15, 0.2) is 29.9 Å². The number of amides is 2. The quantitative estimate of drug-likeness (QED) is 0.889. The predicted molar refractivity (Wildman–Crippen MR) is 87.8 cm³/mol. The van der Waals surface area contributed by atoms with Crippen LogP contribution in [0.2, 0.25) is 0 Å². The largest absolute Gasteiger partial charge is 0.347 e. The number of nitrogens with zero attached hydrogens (tertiary/aromatic N) is 2. The smallest absolute Gasteiger partial charge is 0.318 e. The zero-order chi connectivity index (χ0) is 15.2. The maximum atomic E-state index is 12.4. The minimum absolute atomic E-state index is 0.0345. The number of rotatable bonds is 5. The van der Waals surface area contributed by atoms with Crippen molar-refractivity contribution in [1.82, 2.24) is 20.2 Å². The molecule has 0 spiro atoms. The van der Waals surface area contributed by atoms with Crippen LogP contribution in [0, 0.1) is 0 Å². The van der Waals surface area contributed by atoms with Gasteiger partial charge >= 0.3 is 6.03 Å². The zero-order valence-corrected chi connectivity index (χ0v) is 13.4. The van der Waals surface area contributed by atoms with Crippen molar-refractivity contribution in [1.29, 1.82) is 0 Å². The Kier molecular flexibility index (Phi) is 5.11. The Hall–Kier alpha value is -1.82. The van der Waals surface area contributed by atoms with E-state index in [2.05, 4.69) is 32.8 Å². The maximum Gasteiger partial charge on any atom is 0.318 e. The summed E-state index contributed by atoms with van der Waals surface area (Å²) in [5.41, 5.74) is 0. The summed E-state index contributed by atoms with van der Waals surface area (Å²) in [4.78, 5) is 23.0. The lowest BCUT2D eigenvalue weighted by molar-refractivity contribution is 0.146. The number of thiophene rings is 1. The monoisotopic (exact) mass is 318 g/mol. The molecular formula is C16H22N4OS. The molecule has 0 bridgehead atoms. The summed E-state index contributed by atoms with van der Waals surface area (Å²) >= 11 is 1.80. The van der Waals surface area contributed by atoms with Gasteiger partial charge in [-0.2, -0.15) is 0 Å². The van der Waals surface area contributed by atoms with E-state index >= 15 is 0 Å². The van der Waals surface area contributed by atoms with Gasteiger partial charge in [0.15, 0.2) is 0 Å². The van der Waals surface area contributed by atoms with E-state index in [9.17, 15) is 4.79 Å². The fourth-order valence-electron chi connectivity index (χ4n) is 2.99. The minimum Gasteiger partial charge on any atom is -0.347 e. The normalized spacial score (nSPS) is 18.4. The van der Waals surface area contributed by atoms with E-state index in [0.29, 0.717) is 12.6 Å². The van der Waals surface area contributed by atoms with Gasteiger partial charge in [0.05, 0.1) is 6.54 Å². The molecule has 1 fully saturated rings. The minimum atomic E-state index is 0.0345. The number of hydrogen-bond acceptors (Lipinski definition) is 3. The summed E-state index contributed by atoms with van der Waals surface area (Å²) in [6, 6.07) is 4.66. The Bertz CT molecular complexity index is 567. The van der Waals surface area contributed by atoms with Crippen molar-refractivity contribution in [3.8, 4) is 0 Å². The first kappa shape index (κ1) is 15.1. The SMILES string of the molecule is O=C(NCc1ncc[nH]1)N1CCCC[C@@H]1CCc1cccs1. The Balaban J connectivity index is 1.53. The van der Waals surface area contributed by atoms with Gasteiger partial charge in [-0.3, -0.25) is 0 Å². The van der Waals surface area contributed by atoms with Gasteiger partial charge in [0.1, 0.15) is 5.82 Å². The molecule has 2 aromatic rings. The molecule has 0 aromatic carbocycles. The van der Waals surface area contributed by atoms with Gasteiger partial charge in [-0.05, 0) is 43.6 Å². The van der Waals surface area contributed by atoms with Crippen molar-refractivity contribution in [2.45, 2.75) is 44.7 Å². The molecule has 0 radical (unpaired) electrons. The van der Waals surface area contributed by atoms with Crippen LogP contribution in [0.5, 0.6) is 0 Å². The van der Waals surface area contributed by atoms with E-state index < -0.39 is 0 Å². The number of imidazole rings is 1. The van der Waals surface area contributed by atoms with E-state index in [1.807, 2.05) is 4.90 Å². The number of aryl methyl sites for hydroxylation is 1. The third-order valence-corrected chi connectivity index (χ3v) is 5.09. The first-order chi connectivity index (χ1) is 10.8. The van der Waals surface area contributed by atoms with Crippen molar-refractivity contribution in [3.63, 3.8) is 0 Å². The van der Waals surface area contributed by atoms with Crippen LogP contribution in [-0.2, 0) is 13.0 Å². The predicted octanol–water partition coefficient (Wildman–Crippen LogP) is 3.17. The van der Waals surface area contributed by atoms with Crippen LogP contribution in [-0.4, -0.2) is 33.5 Å². The Labute approximate surface area is 134 Å². The number of H-pyrrole nitrogens is 1. The number of aromatic amines is 1. The number of hydrogen-bond donors (Lipinski definition) is 2. The summed E-state index contributed by atoms with van der Waals surface area (Å²) < 4.78 is 0. The van der Waals surface area contributed by atoms with E-state index in [0.717, 1.165) is 38.1 Å². The molecule has 1 atom stereocenters. The molecule has 1 aliphatic rings. The van der Waals surface area contributed by atoms with Gasteiger partial charge in [0, 0.05) is 29.9 Å². The molecule has 0 aliphatic carbocycles. The highest BCUT2D eigenvalue weighted by molar-refractivity contribution is 7.09. The summed E-state index contributed by atoms with van der Waals surface area (Å²) in [5.74, 6) is 0.792. The van der Waals surface area contributed by atoms with Gasteiger partial charge in [0.2, 0.25) is 0 Å². The highest BCUT2D eigenvalue weighted by Crippen LogP contribution is 2.22. The molecule has 22 heavy (non-hydrogen) atoms. The molecule has 2 amide bonds. The average Bonchev–Trinajstić information content (AvgIpc) is 3.24. The van der Waals surface area contributed by atoms with Crippen LogP contribution in [0.4, 0.5) is 4.79 Å². The molecule has 118 valence electrons. The Morgan fingerprint density at radius 3 is 3.23 bits per heavy atom. The number of carbonyl (C=O) groups excluding carboxylic acids is 1. The van der Waals surface area contributed by atoms with Crippen molar-refractivity contribution in [2.24, 2.45) is 0 Å². The number of nitrogens with one attached hydrogen (secondary N) is 2. The maximum absolute atomic E-state index is 12.4. The van der Waals surface area contributed by atoms with Crippen molar-refractivity contribution >= 4 is 17.4 Å². The number of carbonyl (C=O) groups is 1. The van der Waals surface area contributed by atoms with E-state index in [1.165, 1.54) is 11.3 Å². The van der Waals surface area contributed by atoms with Crippen molar-refractivity contribution in [2.75, 3.05) is 6.54 Å². The second-order valence-electron chi connectivity index (χ2n) is 5.66. The molecule has 3 rings (SSSR count). The molecule has 6 heteroatoms. The van der Waals surface area contributed by atoms with E-state index in [4.69, 9.17) is 0 Å². The van der Waals surface area contributed by atoms with Gasteiger partial charge in [-0.1, -0.05) is 6.07 Å². The molecule has 3 heterocycles. The second kappa shape index (κ2) is 7.45. The summed E-state index contributed by atoms with van der Waals surface area (Å²) in [7, 11) is 0. The lowest BCUT2D eigenvalue weighted by atomic mass is 9.98. The number of piperidine rings is 1. The van der Waals surface area contributed by atoms with Crippen molar-refractivity contribution in [3.05, 3.63) is 40.6 Å². The standard InChI is InChI=1S/C16H22N4OS/c21-16(19-12-15-17-8-9-18-15)20-10-2-1-4-13(20)6-7-14-5-3-11-22-14/h3,5,8-9,11,13H,1-2,4,6-7,10,12H2,(H,17,18)(H,19,21)/t13-/m1/s1. The molecule has 0 saturated carbocycles. The molecule has 0 unspecified atom stereocenters. The van der Waals surface area contributed by atoms with E-state index in [1.54, 1.807) is 23.7 Å². The third kappa shape index (κ3) is 3.88. The highest BCUT2D eigenvalue weighted by atomic mass is 32.1. The Morgan fingerprint density at radius 1 is 1.50 bits per heavy atom. The molecule has 1 aliphatic heterocycles. The van der Waals surface area contributed by atoms with Gasteiger partial charge < -0.3 is 15.2 Å². The van der Waals surface area contributed by atoms with Crippen LogP contribution in [0.25, 0.3) is 0 Å². The molecule has 2 aromatic heterocycles. The van der Waals surface area contributed by atoms with Crippen LogP contribution in [0.3, 0.4) is 0 Å². The molecule has 5 nitrogen and oxygen atoms in total. The van der Waals surface area contributed by atoms with Crippen molar-refractivity contribution < 1.29 is 4.79 Å². The summed E-state index contributed by atoms with van der Waals surface area (Å²) in [6.07, 6.45) is 9.01. The summed E-state index contributed by atoms with van der Waals surface area (Å²) in [6.45, 7) is 1.32. The topological polar surface area (TPSA) is 61.0 Å². The van der Waals surface area contributed by atoms with Crippen LogP contribution >= 0.6 is 11.3 Å². The third-order valence-electron chi connectivity index (χ3n) is 4.15. The zero-order valence-electron chi connectivity index (χ0n) is 12.6. The highest BCUT2D eigenvalue weighted by Gasteiger charge is 2.26. The summed E-state index contributed by atoms with van der Waals surface area (Å²) in [5, 5.41) is 5.09. The van der Waals surface area contributed by atoms with Crippen LogP contribution in [0.1, 0.15) is 36.4 Å². The lowest BCUT2D eigenvalue weighted by Crippen LogP contribution is -2.48. The number of likely N-dealkylation sites (tertiary alicyclic amines) is 1. The lowest BCUT2D eigenvalue weighted by Gasteiger charge is -2.35. The molecular weight excluding hydrogens is 296 g/mol. The van der Waals surface area contributed by atoms with E-state index in [-0.39, 0.29) is 6.03 Å². The van der Waals surface area contributed by atoms with Gasteiger partial charge in [0.25, 0.3) is 0 Å². The number of urea groups is 1. The molecule has 1 saturated heterocycles. The molecule has 2 N–H and O–H groups in total. The van der Waals surface area contributed by atoms with Gasteiger partial charge in [-0.25, -0.2) is 9.78 Å². The Morgan fingerprint density at radius 2 is 2.45 bits per heavy atom. The second-order valence-corrected chi connectivity index (χ2v) is 6.69. The van der Waals surface area contributed by atoms with Gasteiger partial charge in [-0.15, -0.1) is 11.3 Å². The first-order valence-corrected chi connectivity index (χ1v) is 8.76. The van der Waals surface area contributed by atoms with Crippen LogP contribution < -0.4 is 5.32 Å². The first-order valence-electron chi connectivity index (χ1n) is 7.88. The number of aromatic nitrogens is 2. The fourth-order valence-corrected chi connectivity index (χ4v) is 3.71. The average molecular weight is 318 g/mol.